The van der Waals surface area contributed by atoms with E-state index in [9.17, 15) is 4.79 Å². The lowest BCUT2D eigenvalue weighted by Gasteiger charge is -2.11. The van der Waals surface area contributed by atoms with Crippen LogP contribution in [0.4, 0.5) is 5.69 Å². The van der Waals surface area contributed by atoms with Crippen LogP contribution >= 0.6 is 11.6 Å². The third-order valence-corrected chi connectivity index (χ3v) is 3.01. The number of nitriles is 1. The molecule has 0 radical (unpaired) electrons. The first-order chi connectivity index (χ1) is 10.6. The summed E-state index contributed by atoms with van der Waals surface area (Å²) < 4.78 is 6.99. The topological polar surface area (TPSA) is 79.9 Å². The molecule has 114 valence electrons. The maximum atomic E-state index is 12.4. The highest BCUT2D eigenvalue weighted by Crippen LogP contribution is 2.24. The summed E-state index contributed by atoms with van der Waals surface area (Å²) in [5, 5.41) is 15.7. The van der Waals surface area contributed by atoms with Gasteiger partial charge in [-0.2, -0.15) is 10.4 Å². The van der Waals surface area contributed by atoms with Crippen molar-refractivity contribution in [2.75, 3.05) is 11.9 Å². The Bertz CT molecular complexity index is 706. The number of amides is 1. The van der Waals surface area contributed by atoms with Gasteiger partial charge in [-0.25, -0.2) is 0 Å². The minimum atomic E-state index is -0.342. The molecule has 0 aliphatic heterocycles. The molecule has 2 rings (SSSR count). The second-order valence-corrected chi connectivity index (χ2v) is 4.96. The van der Waals surface area contributed by atoms with Gasteiger partial charge in [0.1, 0.15) is 12.3 Å². The van der Waals surface area contributed by atoms with Crippen molar-refractivity contribution in [3.05, 3.63) is 41.2 Å². The van der Waals surface area contributed by atoms with Crippen molar-refractivity contribution >= 4 is 23.2 Å². The molecule has 1 aromatic carbocycles. The molecule has 1 N–H and O–H groups in total. The summed E-state index contributed by atoms with van der Waals surface area (Å²) in [6, 6.07) is 6.88. The van der Waals surface area contributed by atoms with Crippen molar-refractivity contribution in [3.8, 4) is 11.8 Å². The monoisotopic (exact) mass is 318 g/mol. The first-order valence-corrected chi connectivity index (χ1v) is 7.15. The molecular formula is C15H15ClN4O2. The van der Waals surface area contributed by atoms with Gasteiger partial charge in [-0.3, -0.25) is 9.48 Å². The number of ether oxygens (including phenoxy) is 1. The highest BCUT2D eigenvalue weighted by Gasteiger charge is 2.14. The van der Waals surface area contributed by atoms with Crippen LogP contribution in [0, 0.1) is 11.3 Å². The zero-order valence-corrected chi connectivity index (χ0v) is 12.8. The number of anilines is 1. The maximum absolute atomic E-state index is 12.4. The fraction of sp³-hybridized carbons (Fsp3) is 0.267. The second kappa shape index (κ2) is 7.48. The van der Waals surface area contributed by atoms with E-state index in [2.05, 4.69) is 10.4 Å². The fourth-order valence-corrected chi connectivity index (χ4v) is 1.98. The highest BCUT2D eigenvalue weighted by atomic mass is 35.5. The lowest BCUT2D eigenvalue weighted by atomic mass is 10.2. The number of hydrogen-bond donors (Lipinski definition) is 1. The van der Waals surface area contributed by atoms with Gasteiger partial charge >= 0.3 is 0 Å². The molecule has 0 spiro atoms. The van der Waals surface area contributed by atoms with Crippen LogP contribution in [0.1, 0.15) is 23.7 Å². The molecule has 6 nitrogen and oxygen atoms in total. The van der Waals surface area contributed by atoms with E-state index in [-0.39, 0.29) is 12.5 Å². The van der Waals surface area contributed by atoms with Crippen LogP contribution in [0.25, 0.3) is 0 Å². The van der Waals surface area contributed by atoms with Gasteiger partial charge in [-0.05, 0) is 24.6 Å². The number of halogens is 1. The zero-order chi connectivity index (χ0) is 15.9. The van der Waals surface area contributed by atoms with Crippen LogP contribution in [-0.2, 0) is 6.54 Å². The standard InChI is InChI=1S/C15H15ClN4O2/c1-2-7-22-14-4-3-11(16)8-13(14)15(21)19-12-9-18-20(10-12)6-5-17/h3-4,8-10H,2,6-7H2,1H3,(H,19,21). The number of carbonyl (C=O) groups is 1. The predicted molar refractivity (Wildman–Crippen MR) is 83.0 cm³/mol. The van der Waals surface area contributed by atoms with E-state index >= 15 is 0 Å². The molecule has 1 aromatic heterocycles. The van der Waals surface area contributed by atoms with Crippen LogP contribution in [0.15, 0.2) is 30.6 Å². The summed E-state index contributed by atoms with van der Waals surface area (Å²) in [4.78, 5) is 12.4. The third kappa shape index (κ3) is 3.99. The molecule has 0 unspecified atom stereocenters. The van der Waals surface area contributed by atoms with Gasteiger partial charge in [0.15, 0.2) is 0 Å². The molecule has 7 heteroatoms. The van der Waals surface area contributed by atoms with Crippen molar-refractivity contribution in [2.45, 2.75) is 19.9 Å². The molecule has 0 saturated heterocycles. The number of carbonyl (C=O) groups excluding carboxylic acids is 1. The van der Waals surface area contributed by atoms with E-state index in [4.69, 9.17) is 21.6 Å². The van der Waals surface area contributed by atoms with Crippen molar-refractivity contribution in [1.29, 1.82) is 5.26 Å². The van der Waals surface area contributed by atoms with E-state index in [1.165, 1.54) is 10.9 Å². The summed E-state index contributed by atoms with van der Waals surface area (Å²) >= 11 is 5.96. The predicted octanol–water partition coefficient (Wildman–Crippen LogP) is 3.10. The zero-order valence-electron chi connectivity index (χ0n) is 12.0. The lowest BCUT2D eigenvalue weighted by Crippen LogP contribution is -2.13. The number of nitrogens with zero attached hydrogens (tertiary/aromatic N) is 3. The van der Waals surface area contributed by atoms with E-state index in [1.807, 2.05) is 13.0 Å². The van der Waals surface area contributed by atoms with Crippen LogP contribution in [-0.4, -0.2) is 22.3 Å². The van der Waals surface area contributed by atoms with Gasteiger partial charge in [-0.15, -0.1) is 0 Å². The second-order valence-electron chi connectivity index (χ2n) is 4.53. The Morgan fingerprint density at radius 2 is 2.36 bits per heavy atom. The Hall–Kier alpha value is -2.52. The van der Waals surface area contributed by atoms with Crippen molar-refractivity contribution in [2.24, 2.45) is 0 Å². The number of aromatic nitrogens is 2. The van der Waals surface area contributed by atoms with Crippen LogP contribution in [0.3, 0.4) is 0 Å². The first kappa shape index (κ1) is 15.9. The normalized spacial score (nSPS) is 10.0. The SMILES string of the molecule is CCCOc1ccc(Cl)cc1C(=O)Nc1cnn(CC#N)c1. The molecule has 0 saturated carbocycles. The molecule has 1 heterocycles. The summed E-state index contributed by atoms with van der Waals surface area (Å²) in [7, 11) is 0. The Morgan fingerprint density at radius 1 is 1.55 bits per heavy atom. The smallest absolute Gasteiger partial charge is 0.259 e. The Morgan fingerprint density at radius 3 is 3.09 bits per heavy atom. The van der Waals surface area contributed by atoms with E-state index in [0.29, 0.717) is 28.6 Å². The molecule has 0 fully saturated rings. The van der Waals surface area contributed by atoms with Crippen molar-refractivity contribution < 1.29 is 9.53 Å². The Kier molecular flexibility index (Phi) is 5.39. The van der Waals surface area contributed by atoms with Crippen LogP contribution < -0.4 is 10.1 Å². The fourth-order valence-electron chi connectivity index (χ4n) is 1.80. The third-order valence-electron chi connectivity index (χ3n) is 2.77. The molecule has 0 bridgehead atoms. The van der Waals surface area contributed by atoms with Crippen molar-refractivity contribution in [3.63, 3.8) is 0 Å². The highest BCUT2D eigenvalue weighted by molar-refractivity contribution is 6.31. The van der Waals surface area contributed by atoms with Gasteiger partial charge in [0.2, 0.25) is 0 Å². The van der Waals surface area contributed by atoms with Gasteiger partial charge in [0.25, 0.3) is 5.91 Å². The molecule has 0 aliphatic carbocycles. The average Bonchev–Trinajstić information content (AvgIpc) is 2.93. The first-order valence-electron chi connectivity index (χ1n) is 6.77. The lowest BCUT2D eigenvalue weighted by molar-refractivity contribution is 0.102. The van der Waals surface area contributed by atoms with E-state index in [1.54, 1.807) is 24.4 Å². The number of hydrogen-bond acceptors (Lipinski definition) is 4. The number of nitrogens with one attached hydrogen (secondary N) is 1. The molecule has 0 aliphatic rings. The largest absolute Gasteiger partial charge is 0.493 e. The molecule has 22 heavy (non-hydrogen) atoms. The molecule has 1 amide bonds. The quantitative estimate of drug-likeness (QED) is 0.887. The Labute approximate surface area is 133 Å². The maximum Gasteiger partial charge on any atom is 0.259 e. The molecule has 2 aromatic rings. The Balaban J connectivity index is 2.17. The number of rotatable bonds is 6. The summed E-state index contributed by atoms with van der Waals surface area (Å²) in [6.07, 6.45) is 3.90. The van der Waals surface area contributed by atoms with Crippen molar-refractivity contribution in [1.82, 2.24) is 9.78 Å². The summed E-state index contributed by atoms with van der Waals surface area (Å²) in [5.74, 6) is 0.137. The van der Waals surface area contributed by atoms with E-state index in [0.717, 1.165) is 6.42 Å². The minimum Gasteiger partial charge on any atom is -0.493 e. The molecular weight excluding hydrogens is 304 g/mol. The molecule has 0 atom stereocenters. The van der Waals surface area contributed by atoms with Gasteiger partial charge in [0, 0.05) is 11.2 Å². The van der Waals surface area contributed by atoms with Gasteiger partial charge in [-0.1, -0.05) is 18.5 Å². The summed E-state index contributed by atoms with van der Waals surface area (Å²) in [5.41, 5.74) is 0.857. The van der Waals surface area contributed by atoms with Crippen LogP contribution in [0.2, 0.25) is 5.02 Å². The minimum absolute atomic E-state index is 0.123. The van der Waals surface area contributed by atoms with Crippen LogP contribution in [0.5, 0.6) is 5.75 Å². The van der Waals surface area contributed by atoms with Gasteiger partial charge in [0.05, 0.1) is 30.1 Å². The average molecular weight is 319 g/mol. The number of benzene rings is 1. The summed E-state index contributed by atoms with van der Waals surface area (Å²) in [6.45, 7) is 2.62. The van der Waals surface area contributed by atoms with Gasteiger partial charge < -0.3 is 10.1 Å². The van der Waals surface area contributed by atoms with E-state index < -0.39 is 0 Å².